The molecule has 0 aromatic rings. The van der Waals surface area contributed by atoms with Crippen molar-refractivity contribution in [2.24, 2.45) is 0 Å². The van der Waals surface area contributed by atoms with Gasteiger partial charge in [-0.1, -0.05) is 20.3 Å². The third-order valence-electron chi connectivity index (χ3n) is 0. The van der Waals surface area contributed by atoms with E-state index in [1.54, 1.807) is 0 Å². The molecule has 0 aromatic heterocycles. The Balaban J connectivity index is -0.00000000667. The molecule has 0 saturated carbocycles. The monoisotopic (exact) mass is 174 g/mol. The van der Waals surface area contributed by atoms with Gasteiger partial charge >= 0.3 is 0 Å². The van der Waals surface area contributed by atoms with Crippen LogP contribution in [0.5, 0.6) is 0 Å². The van der Waals surface area contributed by atoms with Crippen molar-refractivity contribution in [1.82, 2.24) is 0 Å². The molecule has 3 heteroatoms. The smallest absolute Gasteiger partial charge is 0 e. The van der Waals surface area contributed by atoms with Gasteiger partial charge in [0.1, 0.15) is 0 Å². The summed E-state index contributed by atoms with van der Waals surface area (Å²) in [5.41, 5.74) is 0. The zero-order chi connectivity index (χ0) is 2.71. The van der Waals surface area contributed by atoms with E-state index in [0.29, 0.717) is 0 Å². The van der Waals surface area contributed by atoms with Crippen LogP contribution in [0.4, 0.5) is 0 Å². The average Bonchev–Trinajstić information content (AvgIpc) is 0.918. The summed E-state index contributed by atoms with van der Waals surface area (Å²) in [6.07, 6.45) is 1.25. The van der Waals surface area contributed by atoms with E-state index < -0.39 is 0 Å². The summed E-state index contributed by atoms with van der Waals surface area (Å²) in [7, 11) is 0. The molecule has 0 heterocycles. The van der Waals surface area contributed by atoms with Gasteiger partial charge in [0.15, 0.2) is 0 Å². The van der Waals surface area contributed by atoms with E-state index in [1.165, 1.54) is 6.42 Å². The van der Waals surface area contributed by atoms with Crippen LogP contribution in [-0.2, 0) is 16.5 Å². The summed E-state index contributed by atoms with van der Waals surface area (Å²) in [6.45, 7) is 4.25. The van der Waals surface area contributed by atoms with Crippen molar-refractivity contribution in [3.05, 3.63) is 0 Å². The normalized spacial score (nSPS) is 3.00. The minimum absolute atomic E-state index is 0. The van der Waals surface area contributed by atoms with Crippen LogP contribution >= 0.6 is 24.8 Å². The van der Waals surface area contributed by atoms with Crippen molar-refractivity contribution in [2.45, 2.75) is 20.3 Å². The van der Waals surface area contributed by atoms with Crippen LogP contribution in [0, 0.1) is 0 Å². The Morgan fingerprint density at radius 2 is 1.00 bits per heavy atom. The van der Waals surface area contributed by atoms with Crippen molar-refractivity contribution in [2.75, 3.05) is 0 Å². The molecule has 0 N–H and O–H groups in total. The quantitative estimate of drug-likeness (QED) is 0.496. The van der Waals surface area contributed by atoms with Gasteiger partial charge in [-0.2, -0.15) is 0 Å². The van der Waals surface area contributed by atoms with Gasteiger partial charge in [0.25, 0.3) is 0 Å². The van der Waals surface area contributed by atoms with Crippen LogP contribution in [-0.4, -0.2) is 0 Å². The van der Waals surface area contributed by atoms with Crippen molar-refractivity contribution in [3.63, 3.8) is 0 Å². The zero-order valence-corrected chi connectivity index (χ0v) is 6.46. The predicted molar refractivity (Wildman–Crippen MR) is 30.5 cm³/mol. The summed E-state index contributed by atoms with van der Waals surface area (Å²) in [5, 5.41) is 0. The maximum Gasteiger partial charge on any atom is 0 e. The van der Waals surface area contributed by atoms with Gasteiger partial charge in [-0.25, -0.2) is 0 Å². The molecule has 0 atom stereocenters. The molecule has 0 aromatic carbocycles. The van der Waals surface area contributed by atoms with Gasteiger partial charge in [0, 0.05) is 16.5 Å². The number of halogens is 2. The van der Waals surface area contributed by atoms with Crippen molar-refractivity contribution in [1.29, 1.82) is 0 Å². The molecule has 6 heavy (non-hydrogen) atoms. The molecule has 0 aliphatic heterocycles. The number of rotatable bonds is 0. The first-order valence-corrected chi connectivity index (χ1v) is 1.41. The van der Waals surface area contributed by atoms with E-state index in [0.717, 1.165) is 0 Å². The van der Waals surface area contributed by atoms with Gasteiger partial charge in [-0.3, -0.25) is 0 Å². The molecule has 0 rings (SSSR count). The van der Waals surface area contributed by atoms with E-state index in [9.17, 15) is 0 Å². The second-order valence-corrected chi connectivity index (χ2v) is 0.707. The summed E-state index contributed by atoms with van der Waals surface area (Å²) < 4.78 is 0. The first-order chi connectivity index (χ1) is 1.41. The fourth-order valence-electron chi connectivity index (χ4n) is 0. The third kappa shape index (κ3) is 73.1. The Kier molecular flexibility index (Phi) is 167. The number of hydrogen-bond acceptors (Lipinski definition) is 0. The van der Waals surface area contributed by atoms with E-state index in [2.05, 4.69) is 13.8 Å². The Morgan fingerprint density at radius 3 is 1.00 bits per heavy atom. The first-order valence-electron chi connectivity index (χ1n) is 1.41. The van der Waals surface area contributed by atoms with Crippen molar-refractivity contribution >= 4 is 24.8 Å². The molecule has 0 amide bonds. The molecular weight excluding hydrogens is 166 g/mol. The fourth-order valence-corrected chi connectivity index (χ4v) is 0. The van der Waals surface area contributed by atoms with E-state index in [-0.39, 0.29) is 41.3 Å². The maximum atomic E-state index is 2.12. The topological polar surface area (TPSA) is 0 Å². The number of hydrogen-bond donors (Lipinski definition) is 0. The second kappa shape index (κ2) is 36.4. The Morgan fingerprint density at radius 1 is 1.00 bits per heavy atom. The molecule has 0 spiro atoms. The molecule has 0 radical (unpaired) electrons. The molecule has 0 aliphatic rings. The summed E-state index contributed by atoms with van der Waals surface area (Å²) >= 11 is 0. The SMILES string of the molecule is CCC.Cl.Cl.[Ni]. The molecular formula is C3H10Cl2Ni. The third-order valence-corrected chi connectivity index (χ3v) is 0. The fraction of sp³-hybridized carbons (Fsp3) is 1.00. The van der Waals surface area contributed by atoms with Crippen molar-refractivity contribution < 1.29 is 16.5 Å². The van der Waals surface area contributed by atoms with Crippen LogP contribution in [0.15, 0.2) is 0 Å². The van der Waals surface area contributed by atoms with Crippen LogP contribution in [0.2, 0.25) is 0 Å². The Labute approximate surface area is 61.8 Å². The summed E-state index contributed by atoms with van der Waals surface area (Å²) in [6, 6.07) is 0. The van der Waals surface area contributed by atoms with Crippen LogP contribution < -0.4 is 0 Å². The molecule has 0 aliphatic carbocycles. The molecule has 0 unspecified atom stereocenters. The predicted octanol–water partition coefficient (Wildman–Crippen LogP) is 2.26. The molecule has 0 saturated heterocycles. The maximum absolute atomic E-state index is 2.12. The molecule has 0 fully saturated rings. The largest absolute Gasteiger partial charge is 0.147 e. The molecule has 46 valence electrons. The molecule has 0 nitrogen and oxygen atoms in total. The second-order valence-electron chi connectivity index (χ2n) is 0.707. The van der Waals surface area contributed by atoms with Crippen LogP contribution in [0.1, 0.15) is 20.3 Å². The van der Waals surface area contributed by atoms with Gasteiger partial charge in [-0.15, -0.1) is 24.8 Å². The minimum Gasteiger partial charge on any atom is -0.147 e. The zero-order valence-electron chi connectivity index (χ0n) is 3.84. The minimum atomic E-state index is 0. The Hall–Kier alpha value is 1.07. The summed E-state index contributed by atoms with van der Waals surface area (Å²) in [5.74, 6) is 0. The van der Waals surface area contributed by atoms with Crippen LogP contribution in [0.3, 0.4) is 0 Å². The van der Waals surface area contributed by atoms with Gasteiger partial charge in [0.2, 0.25) is 0 Å². The first kappa shape index (κ1) is 27.6. The van der Waals surface area contributed by atoms with E-state index in [1.807, 2.05) is 0 Å². The van der Waals surface area contributed by atoms with E-state index in [4.69, 9.17) is 0 Å². The van der Waals surface area contributed by atoms with Gasteiger partial charge < -0.3 is 0 Å². The van der Waals surface area contributed by atoms with Gasteiger partial charge in [0.05, 0.1) is 0 Å². The average molecular weight is 176 g/mol. The van der Waals surface area contributed by atoms with Gasteiger partial charge in [-0.05, 0) is 0 Å². The Bertz CT molecular complexity index is 8.75. The summed E-state index contributed by atoms with van der Waals surface area (Å²) in [4.78, 5) is 0. The van der Waals surface area contributed by atoms with Crippen molar-refractivity contribution in [3.8, 4) is 0 Å². The molecule has 0 bridgehead atoms. The van der Waals surface area contributed by atoms with E-state index >= 15 is 0 Å². The van der Waals surface area contributed by atoms with Crippen LogP contribution in [0.25, 0.3) is 0 Å². The standard InChI is InChI=1S/C3H8.2ClH.Ni/c1-3-2;;;/h3H2,1-2H3;2*1H;.